The monoisotopic (exact) mass is 318 g/mol. The van der Waals surface area contributed by atoms with Crippen molar-refractivity contribution in [3.63, 3.8) is 0 Å². The topological polar surface area (TPSA) is 71.1 Å². The van der Waals surface area contributed by atoms with Crippen LogP contribution in [0.4, 0.5) is 0 Å². The molecular formula is C17H18O6. The first-order valence-electron chi connectivity index (χ1n) is 7.06. The second-order valence-corrected chi connectivity index (χ2v) is 4.68. The van der Waals surface area contributed by atoms with Crippen molar-refractivity contribution in [2.75, 3.05) is 20.8 Å². The van der Waals surface area contributed by atoms with E-state index in [0.29, 0.717) is 22.3 Å². The van der Waals surface area contributed by atoms with Crippen molar-refractivity contribution < 1.29 is 28.5 Å². The van der Waals surface area contributed by atoms with E-state index >= 15 is 0 Å². The third kappa shape index (κ3) is 3.36. The van der Waals surface area contributed by atoms with Gasteiger partial charge in [-0.15, -0.1) is 0 Å². The zero-order valence-electron chi connectivity index (χ0n) is 13.5. The Kier molecular flexibility index (Phi) is 5.05. The first kappa shape index (κ1) is 16.6. The fraction of sp³-hybridized carbons (Fsp3) is 0.294. The highest BCUT2D eigenvalue weighted by Gasteiger charge is 2.19. The molecule has 0 N–H and O–H groups in total. The molecule has 0 aliphatic rings. The van der Waals surface area contributed by atoms with Crippen LogP contribution in [-0.4, -0.2) is 32.8 Å². The van der Waals surface area contributed by atoms with Gasteiger partial charge in [-0.3, -0.25) is 4.79 Å². The summed E-state index contributed by atoms with van der Waals surface area (Å²) in [5.41, 5.74) is 0.266. The van der Waals surface area contributed by atoms with Crippen LogP contribution in [0.15, 0.2) is 24.3 Å². The van der Waals surface area contributed by atoms with E-state index in [1.54, 1.807) is 25.1 Å². The first-order valence-corrected chi connectivity index (χ1v) is 7.06. The molecule has 0 fully saturated rings. The van der Waals surface area contributed by atoms with Gasteiger partial charge in [0.2, 0.25) is 0 Å². The lowest BCUT2D eigenvalue weighted by Gasteiger charge is -2.14. The van der Waals surface area contributed by atoms with Gasteiger partial charge < -0.3 is 18.9 Å². The number of esters is 2. The molecule has 0 bridgehead atoms. The van der Waals surface area contributed by atoms with Gasteiger partial charge in [-0.25, -0.2) is 4.79 Å². The number of benzene rings is 2. The predicted octanol–water partition coefficient (Wildman–Crippen LogP) is 2.96. The smallest absolute Gasteiger partial charge is 0.338 e. The fourth-order valence-electron chi connectivity index (χ4n) is 2.30. The lowest BCUT2D eigenvalue weighted by molar-refractivity contribution is -0.131. The largest absolute Gasteiger partial charge is 0.496 e. The van der Waals surface area contributed by atoms with Crippen molar-refractivity contribution in [1.82, 2.24) is 0 Å². The molecule has 0 aliphatic carbocycles. The summed E-state index contributed by atoms with van der Waals surface area (Å²) in [5, 5.41) is 1.14. The van der Waals surface area contributed by atoms with Gasteiger partial charge in [0.1, 0.15) is 17.2 Å². The Morgan fingerprint density at radius 2 is 1.65 bits per heavy atom. The zero-order valence-corrected chi connectivity index (χ0v) is 13.5. The maximum absolute atomic E-state index is 12.0. The van der Waals surface area contributed by atoms with Gasteiger partial charge in [-0.1, -0.05) is 0 Å². The number of carbonyl (C=O) groups is 2. The molecule has 0 atom stereocenters. The maximum atomic E-state index is 12.0. The molecule has 23 heavy (non-hydrogen) atoms. The molecule has 0 spiro atoms. The van der Waals surface area contributed by atoms with Crippen LogP contribution in [0.5, 0.6) is 17.2 Å². The van der Waals surface area contributed by atoms with E-state index in [4.69, 9.17) is 18.9 Å². The third-order valence-electron chi connectivity index (χ3n) is 3.20. The van der Waals surface area contributed by atoms with Gasteiger partial charge in [0, 0.05) is 12.3 Å². The Labute approximate surface area is 133 Å². The summed E-state index contributed by atoms with van der Waals surface area (Å²) in [6.45, 7) is 3.25. The molecule has 0 saturated carbocycles. The van der Waals surface area contributed by atoms with E-state index in [9.17, 15) is 9.59 Å². The van der Waals surface area contributed by atoms with Gasteiger partial charge in [0.15, 0.2) is 0 Å². The third-order valence-corrected chi connectivity index (χ3v) is 3.20. The minimum absolute atomic E-state index is 0.216. The molecule has 0 heterocycles. The van der Waals surface area contributed by atoms with E-state index in [1.807, 2.05) is 0 Å². The number of hydrogen-bond donors (Lipinski definition) is 0. The Morgan fingerprint density at radius 1 is 1.00 bits per heavy atom. The number of fused-ring (bicyclic) bond motifs is 1. The molecule has 0 radical (unpaired) electrons. The Hall–Kier alpha value is -2.76. The summed E-state index contributed by atoms with van der Waals surface area (Å²) in [5.74, 6) is 0.242. The molecule has 0 amide bonds. The minimum Gasteiger partial charge on any atom is -0.496 e. The Morgan fingerprint density at radius 3 is 2.22 bits per heavy atom. The molecule has 6 heteroatoms. The van der Waals surface area contributed by atoms with E-state index in [0.717, 1.165) is 0 Å². The number of rotatable bonds is 5. The van der Waals surface area contributed by atoms with Crippen molar-refractivity contribution in [3.05, 3.63) is 29.8 Å². The van der Waals surface area contributed by atoms with Crippen LogP contribution in [0, 0.1) is 0 Å². The van der Waals surface area contributed by atoms with Gasteiger partial charge in [-0.2, -0.15) is 0 Å². The summed E-state index contributed by atoms with van der Waals surface area (Å²) < 4.78 is 20.9. The standard InChI is InChI=1S/C17H18O6/c1-5-22-17(19)11-8-12-13(20-3)6-7-14(21-4)16(12)15(9-11)23-10(2)18/h6-9H,5H2,1-4H3. The SMILES string of the molecule is CCOC(=O)c1cc(OC(C)=O)c2c(OC)ccc(OC)c2c1. The zero-order chi connectivity index (χ0) is 17.0. The van der Waals surface area contributed by atoms with Gasteiger partial charge in [0.25, 0.3) is 0 Å². The predicted molar refractivity (Wildman–Crippen MR) is 84.3 cm³/mol. The molecule has 122 valence electrons. The van der Waals surface area contributed by atoms with Crippen molar-refractivity contribution in [1.29, 1.82) is 0 Å². The number of carbonyl (C=O) groups excluding carboxylic acids is 2. The lowest BCUT2D eigenvalue weighted by atomic mass is 10.0. The van der Waals surface area contributed by atoms with Gasteiger partial charge in [0.05, 0.1) is 31.8 Å². The van der Waals surface area contributed by atoms with Crippen LogP contribution < -0.4 is 14.2 Å². The highest BCUT2D eigenvalue weighted by molar-refractivity contribution is 6.04. The van der Waals surface area contributed by atoms with Crippen molar-refractivity contribution in [2.45, 2.75) is 13.8 Å². The van der Waals surface area contributed by atoms with Crippen LogP contribution in [0.3, 0.4) is 0 Å². The molecule has 0 aliphatic heterocycles. The van der Waals surface area contributed by atoms with Crippen molar-refractivity contribution >= 4 is 22.7 Å². The fourth-order valence-corrected chi connectivity index (χ4v) is 2.30. The highest BCUT2D eigenvalue weighted by atomic mass is 16.5. The Bertz CT molecular complexity index is 750. The molecule has 6 nitrogen and oxygen atoms in total. The van der Waals surface area contributed by atoms with Crippen LogP contribution in [0.2, 0.25) is 0 Å². The van der Waals surface area contributed by atoms with Gasteiger partial charge >= 0.3 is 11.9 Å². The first-order chi connectivity index (χ1) is 11.0. The van der Waals surface area contributed by atoms with E-state index in [2.05, 4.69) is 0 Å². The average Bonchev–Trinajstić information content (AvgIpc) is 2.53. The number of hydrogen-bond acceptors (Lipinski definition) is 6. The number of ether oxygens (including phenoxy) is 4. The van der Waals surface area contributed by atoms with E-state index < -0.39 is 11.9 Å². The van der Waals surface area contributed by atoms with Crippen LogP contribution in [-0.2, 0) is 9.53 Å². The molecule has 2 aromatic carbocycles. The van der Waals surface area contributed by atoms with Crippen molar-refractivity contribution in [2.24, 2.45) is 0 Å². The summed E-state index contributed by atoms with van der Waals surface area (Å²) in [6, 6.07) is 6.51. The Balaban J connectivity index is 2.79. The molecule has 0 aromatic heterocycles. The normalized spacial score (nSPS) is 10.3. The summed E-state index contributed by atoms with van der Waals surface area (Å²) in [7, 11) is 3.03. The summed E-state index contributed by atoms with van der Waals surface area (Å²) in [6.07, 6.45) is 0. The van der Waals surface area contributed by atoms with Crippen LogP contribution >= 0.6 is 0 Å². The lowest BCUT2D eigenvalue weighted by Crippen LogP contribution is -2.08. The minimum atomic E-state index is -0.507. The number of methoxy groups -OCH3 is 2. The van der Waals surface area contributed by atoms with E-state index in [1.165, 1.54) is 27.2 Å². The molecule has 0 saturated heterocycles. The van der Waals surface area contributed by atoms with Crippen LogP contribution in [0.1, 0.15) is 24.2 Å². The highest BCUT2D eigenvalue weighted by Crippen LogP contribution is 2.40. The maximum Gasteiger partial charge on any atom is 0.338 e. The van der Waals surface area contributed by atoms with Gasteiger partial charge in [-0.05, 0) is 31.2 Å². The summed E-state index contributed by atoms with van der Waals surface area (Å²) >= 11 is 0. The molecule has 2 aromatic rings. The van der Waals surface area contributed by atoms with E-state index in [-0.39, 0.29) is 17.9 Å². The van der Waals surface area contributed by atoms with Crippen molar-refractivity contribution in [3.8, 4) is 17.2 Å². The summed E-state index contributed by atoms with van der Waals surface area (Å²) in [4.78, 5) is 23.5. The molecular weight excluding hydrogens is 300 g/mol. The van der Waals surface area contributed by atoms with Crippen LogP contribution in [0.25, 0.3) is 10.8 Å². The second kappa shape index (κ2) is 7.00. The second-order valence-electron chi connectivity index (χ2n) is 4.68. The molecule has 0 unspecified atom stereocenters. The molecule has 2 rings (SSSR count). The quantitative estimate of drug-likeness (QED) is 0.623. The average molecular weight is 318 g/mol.